The Bertz CT molecular complexity index is 1410. The summed E-state index contributed by atoms with van der Waals surface area (Å²) >= 11 is 9.26. The van der Waals surface area contributed by atoms with Crippen molar-refractivity contribution in [2.45, 2.75) is 11.8 Å². The van der Waals surface area contributed by atoms with E-state index in [2.05, 4.69) is 21.2 Å². The highest BCUT2D eigenvalue weighted by atomic mass is 79.9. The van der Waals surface area contributed by atoms with E-state index in [9.17, 15) is 18.5 Å². The van der Waals surface area contributed by atoms with Crippen molar-refractivity contribution in [3.63, 3.8) is 0 Å². The van der Waals surface area contributed by atoms with Gasteiger partial charge in [-0.05, 0) is 88.6 Å². The Labute approximate surface area is 210 Å². The minimum Gasteiger partial charge on any atom is -0.497 e. The van der Waals surface area contributed by atoms with Crippen molar-refractivity contribution in [3.05, 3.63) is 86.9 Å². The maximum Gasteiger partial charge on any atom is 0.339 e. The van der Waals surface area contributed by atoms with Gasteiger partial charge in [0.1, 0.15) is 22.3 Å². The number of hydrogen-bond donors (Lipinski definition) is 1. The third kappa shape index (κ3) is 6.17. The monoisotopic (exact) mass is 560 g/mol. The van der Waals surface area contributed by atoms with Gasteiger partial charge in [-0.1, -0.05) is 23.7 Å². The van der Waals surface area contributed by atoms with Crippen LogP contribution in [0.2, 0.25) is 5.02 Å². The quantitative estimate of drug-likeness (QED) is 0.224. The number of anilines is 1. The van der Waals surface area contributed by atoms with Crippen LogP contribution in [0.4, 0.5) is 5.69 Å². The highest BCUT2D eigenvalue weighted by Gasteiger charge is 2.19. The third-order valence-electron chi connectivity index (χ3n) is 4.63. The van der Waals surface area contributed by atoms with E-state index >= 15 is 0 Å². The van der Waals surface area contributed by atoms with Crippen molar-refractivity contribution in [2.75, 3.05) is 12.4 Å². The second-order valence-electron chi connectivity index (χ2n) is 6.99. The van der Waals surface area contributed by atoms with Crippen LogP contribution in [0.25, 0.3) is 6.08 Å². The van der Waals surface area contributed by atoms with E-state index in [1.807, 2.05) is 6.07 Å². The molecule has 0 aliphatic rings. The molecule has 7 nitrogen and oxygen atoms in total. The first-order chi connectivity index (χ1) is 16.1. The lowest BCUT2D eigenvalue weighted by atomic mass is 10.1. The predicted molar refractivity (Wildman–Crippen MR) is 133 cm³/mol. The first kappa shape index (κ1) is 25.3. The number of aryl methyl sites for hydroxylation is 1. The summed E-state index contributed by atoms with van der Waals surface area (Å²) in [5.74, 6) is -0.0454. The highest BCUT2D eigenvalue weighted by Crippen LogP contribution is 2.30. The number of hydrogen-bond acceptors (Lipinski definition) is 6. The van der Waals surface area contributed by atoms with Gasteiger partial charge in [-0.15, -0.1) is 0 Å². The summed E-state index contributed by atoms with van der Waals surface area (Å²) in [7, 11) is -2.61. The Hall–Kier alpha value is -3.32. The minimum atomic E-state index is -4.09. The third-order valence-corrected chi connectivity index (χ3v) is 6.73. The molecule has 0 fully saturated rings. The van der Waals surface area contributed by atoms with Crippen molar-refractivity contribution in [1.29, 1.82) is 5.26 Å². The summed E-state index contributed by atoms with van der Waals surface area (Å²) in [6.07, 6.45) is 1.38. The molecule has 174 valence electrons. The number of carbonyl (C=O) groups is 1. The number of halogens is 2. The Morgan fingerprint density at radius 3 is 2.44 bits per heavy atom. The fourth-order valence-electron chi connectivity index (χ4n) is 2.82. The van der Waals surface area contributed by atoms with Gasteiger partial charge in [0.15, 0.2) is 5.75 Å². The van der Waals surface area contributed by atoms with E-state index in [0.29, 0.717) is 26.5 Å². The average Bonchev–Trinajstić information content (AvgIpc) is 2.81. The van der Waals surface area contributed by atoms with Crippen molar-refractivity contribution in [2.24, 2.45) is 0 Å². The van der Waals surface area contributed by atoms with E-state index in [1.165, 1.54) is 55.7 Å². The van der Waals surface area contributed by atoms with E-state index in [4.69, 9.17) is 20.5 Å². The van der Waals surface area contributed by atoms with Crippen molar-refractivity contribution in [3.8, 4) is 17.6 Å². The first-order valence-corrected chi connectivity index (χ1v) is 12.3. The predicted octanol–water partition coefficient (Wildman–Crippen LogP) is 5.73. The summed E-state index contributed by atoms with van der Waals surface area (Å²) in [6.45, 7) is 1.80. The number of nitrogens with zero attached hydrogens (tertiary/aromatic N) is 1. The van der Waals surface area contributed by atoms with E-state index in [0.717, 1.165) is 5.56 Å². The van der Waals surface area contributed by atoms with Gasteiger partial charge >= 0.3 is 10.1 Å². The molecule has 0 aliphatic heterocycles. The summed E-state index contributed by atoms with van der Waals surface area (Å²) in [5.41, 5.74) is 1.62. The zero-order valence-electron chi connectivity index (χ0n) is 18.0. The number of benzene rings is 3. The van der Waals surface area contributed by atoms with Crippen LogP contribution in [0.15, 0.2) is 75.6 Å². The Balaban J connectivity index is 1.80. The lowest BCUT2D eigenvalue weighted by molar-refractivity contribution is -0.112. The second-order valence-corrected chi connectivity index (χ2v) is 9.82. The average molecular weight is 562 g/mol. The number of nitrogens with one attached hydrogen (secondary N) is 1. The topological polar surface area (TPSA) is 105 Å². The second kappa shape index (κ2) is 10.7. The van der Waals surface area contributed by atoms with Gasteiger partial charge < -0.3 is 14.2 Å². The molecule has 10 heteroatoms. The minimum absolute atomic E-state index is 0.0380. The van der Waals surface area contributed by atoms with Crippen molar-refractivity contribution < 1.29 is 22.1 Å². The van der Waals surface area contributed by atoms with Gasteiger partial charge in [-0.3, -0.25) is 4.79 Å². The molecule has 34 heavy (non-hydrogen) atoms. The lowest BCUT2D eigenvalue weighted by Crippen LogP contribution is -2.14. The molecular weight excluding hydrogens is 544 g/mol. The molecule has 3 aromatic rings. The zero-order valence-corrected chi connectivity index (χ0v) is 21.2. The SMILES string of the molecule is COc1ccc(S(=O)(=O)Oc2ccc(/C=C(\C#N)C(=O)Nc3cc(Cl)ccc3C)cc2Br)cc1. The molecule has 1 N–H and O–H groups in total. The van der Waals surface area contributed by atoms with Crippen LogP contribution in [0.5, 0.6) is 11.5 Å². The molecule has 1 amide bonds. The van der Waals surface area contributed by atoms with E-state index < -0.39 is 16.0 Å². The van der Waals surface area contributed by atoms with E-state index in [1.54, 1.807) is 25.1 Å². The molecule has 0 radical (unpaired) electrons. The number of rotatable bonds is 7. The zero-order chi connectivity index (χ0) is 24.9. The molecule has 0 unspecified atom stereocenters. The summed E-state index contributed by atoms with van der Waals surface area (Å²) in [6, 6.07) is 17.2. The van der Waals surface area contributed by atoms with Crippen LogP contribution >= 0.6 is 27.5 Å². The number of carbonyl (C=O) groups excluding carboxylic acids is 1. The first-order valence-electron chi connectivity index (χ1n) is 9.70. The molecule has 0 heterocycles. The fourth-order valence-corrected chi connectivity index (χ4v) is 4.52. The van der Waals surface area contributed by atoms with Gasteiger partial charge in [-0.25, -0.2) is 0 Å². The normalized spacial score (nSPS) is 11.4. The maximum absolute atomic E-state index is 12.6. The van der Waals surface area contributed by atoms with Crippen molar-refractivity contribution >= 4 is 55.3 Å². The van der Waals surface area contributed by atoms with Crippen LogP contribution < -0.4 is 14.2 Å². The molecular formula is C24H18BrClN2O5S. The number of methoxy groups -OCH3 is 1. The molecule has 0 aromatic heterocycles. The molecule has 0 aliphatic carbocycles. The lowest BCUT2D eigenvalue weighted by Gasteiger charge is -2.10. The summed E-state index contributed by atoms with van der Waals surface area (Å²) < 4.78 is 35.7. The van der Waals surface area contributed by atoms with Gasteiger partial charge in [0.2, 0.25) is 0 Å². The molecule has 0 spiro atoms. The fraction of sp³-hybridized carbons (Fsp3) is 0.0833. The molecule has 0 saturated heterocycles. The maximum atomic E-state index is 12.6. The Kier molecular flexibility index (Phi) is 7.99. The highest BCUT2D eigenvalue weighted by molar-refractivity contribution is 9.10. The van der Waals surface area contributed by atoms with Crippen LogP contribution in [-0.2, 0) is 14.9 Å². The van der Waals surface area contributed by atoms with Gasteiger partial charge in [-0.2, -0.15) is 13.7 Å². The molecule has 0 saturated carbocycles. The number of nitriles is 1. The smallest absolute Gasteiger partial charge is 0.339 e. The van der Waals surface area contributed by atoms with Gasteiger partial charge in [0, 0.05) is 10.7 Å². The van der Waals surface area contributed by atoms with Crippen LogP contribution in [0.3, 0.4) is 0 Å². The van der Waals surface area contributed by atoms with Gasteiger partial charge in [0.05, 0.1) is 11.6 Å². The standard InChI is InChI=1S/C24H18BrClN2O5S/c1-15-3-5-18(26)13-22(15)28-24(29)17(14-27)11-16-4-10-23(21(25)12-16)33-34(30,31)20-8-6-19(32-2)7-9-20/h3-13H,1-2H3,(H,28,29)/b17-11+. The molecule has 3 rings (SSSR count). The van der Waals surface area contributed by atoms with Crippen molar-refractivity contribution in [1.82, 2.24) is 0 Å². The summed E-state index contributed by atoms with van der Waals surface area (Å²) in [4.78, 5) is 12.5. The Morgan fingerprint density at radius 1 is 1.12 bits per heavy atom. The molecule has 3 aromatic carbocycles. The van der Waals surface area contributed by atoms with Crippen LogP contribution in [0.1, 0.15) is 11.1 Å². The van der Waals surface area contributed by atoms with Gasteiger partial charge in [0.25, 0.3) is 5.91 Å². The van der Waals surface area contributed by atoms with Crippen LogP contribution in [-0.4, -0.2) is 21.4 Å². The molecule has 0 atom stereocenters. The molecule has 0 bridgehead atoms. The van der Waals surface area contributed by atoms with Crippen LogP contribution in [0, 0.1) is 18.3 Å². The van der Waals surface area contributed by atoms with E-state index in [-0.39, 0.29) is 16.2 Å². The largest absolute Gasteiger partial charge is 0.497 e. The summed E-state index contributed by atoms with van der Waals surface area (Å²) in [5, 5.41) is 12.6. The number of amides is 1. The number of ether oxygens (including phenoxy) is 1. The Morgan fingerprint density at radius 2 is 1.82 bits per heavy atom.